The lowest BCUT2D eigenvalue weighted by Crippen LogP contribution is -2.29. The first-order valence-corrected chi connectivity index (χ1v) is 12.3. The molecule has 1 N–H and O–H groups in total. The SMILES string of the molecule is Cc1noc(C)c1-c1ccc2c(c1)nc([C@H]1CCC(=O)N1)n2[C@@H]1CCN(S(C)(=O)=O)C1. The van der Waals surface area contributed by atoms with Crippen molar-refractivity contribution in [3.05, 3.63) is 35.5 Å². The molecule has 3 aromatic rings. The number of carbonyl (C=O) groups excluding carboxylic acids is 1. The highest BCUT2D eigenvalue weighted by atomic mass is 32.2. The van der Waals surface area contributed by atoms with E-state index in [-0.39, 0.29) is 18.0 Å². The second-order valence-electron chi connectivity index (χ2n) is 8.46. The third-order valence-electron chi connectivity index (χ3n) is 6.31. The summed E-state index contributed by atoms with van der Waals surface area (Å²) >= 11 is 0. The molecule has 0 aliphatic carbocycles. The standard InChI is InChI=1S/C21H25N5O4S/c1-12-20(13(2)30-24-12)14-4-6-18-17(10-14)23-21(16-5-7-19(27)22-16)26(18)15-8-9-25(11-15)31(3,28)29/h4,6,10,15-16H,5,7-9,11H2,1-3H3,(H,22,27)/t15-,16-/m1/s1. The molecule has 31 heavy (non-hydrogen) atoms. The maximum absolute atomic E-state index is 12.1. The van der Waals surface area contributed by atoms with Gasteiger partial charge in [0.05, 0.1) is 35.1 Å². The molecule has 2 aromatic heterocycles. The van der Waals surface area contributed by atoms with E-state index in [0.717, 1.165) is 39.4 Å². The van der Waals surface area contributed by atoms with Crippen molar-refractivity contribution >= 4 is 27.0 Å². The van der Waals surface area contributed by atoms with Crippen LogP contribution in [-0.4, -0.2) is 52.7 Å². The van der Waals surface area contributed by atoms with E-state index in [4.69, 9.17) is 9.51 Å². The van der Waals surface area contributed by atoms with Crippen molar-refractivity contribution in [1.29, 1.82) is 0 Å². The van der Waals surface area contributed by atoms with Gasteiger partial charge in [-0.1, -0.05) is 11.2 Å². The molecule has 0 saturated carbocycles. The minimum absolute atomic E-state index is 0.0178. The van der Waals surface area contributed by atoms with Gasteiger partial charge >= 0.3 is 0 Å². The maximum Gasteiger partial charge on any atom is 0.220 e. The number of aryl methyl sites for hydroxylation is 2. The van der Waals surface area contributed by atoms with Crippen LogP contribution in [0.25, 0.3) is 22.2 Å². The largest absolute Gasteiger partial charge is 0.361 e. The number of aromatic nitrogens is 3. The molecule has 2 fully saturated rings. The van der Waals surface area contributed by atoms with Gasteiger partial charge in [-0.2, -0.15) is 0 Å². The lowest BCUT2D eigenvalue weighted by atomic mass is 10.0. The van der Waals surface area contributed by atoms with Crippen molar-refractivity contribution in [3.8, 4) is 11.1 Å². The van der Waals surface area contributed by atoms with Crippen molar-refractivity contribution in [2.45, 2.75) is 45.2 Å². The highest BCUT2D eigenvalue weighted by Crippen LogP contribution is 2.36. The smallest absolute Gasteiger partial charge is 0.220 e. The molecule has 164 valence electrons. The number of amides is 1. The molecule has 9 nitrogen and oxygen atoms in total. The van der Waals surface area contributed by atoms with Crippen molar-refractivity contribution < 1.29 is 17.7 Å². The van der Waals surface area contributed by atoms with E-state index in [2.05, 4.69) is 15.0 Å². The molecule has 5 rings (SSSR count). The van der Waals surface area contributed by atoms with E-state index in [9.17, 15) is 13.2 Å². The number of fused-ring (bicyclic) bond motifs is 1. The molecule has 2 atom stereocenters. The summed E-state index contributed by atoms with van der Waals surface area (Å²) in [5.41, 5.74) is 4.49. The Labute approximate surface area is 180 Å². The summed E-state index contributed by atoms with van der Waals surface area (Å²) in [6.45, 7) is 4.68. The van der Waals surface area contributed by atoms with Gasteiger partial charge in [0.25, 0.3) is 0 Å². The van der Waals surface area contributed by atoms with Crippen LogP contribution in [0.4, 0.5) is 0 Å². The molecule has 1 aromatic carbocycles. The lowest BCUT2D eigenvalue weighted by molar-refractivity contribution is -0.119. The Hall–Kier alpha value is -2.72. The number of nitrogens with one attached hydrogen (secondary N) is 1. The molecule has 2 aliphatic heterocycles. The normalized spacial score (nSPS) is 22.5. The molecule has 0 bridgehead atoms. The van der Waals surface area contributed by atoms with Crippen LogP contribution >= 0.6 is 0 Å². The molecular weight excluding hydrogens is 418 g/mol. The van der Waals surface area contributed by atoms with Crippen molar-refractivity contribution in [2.75, 3.05) is 19.3 Å². The molecule has 4 heterocycles. The summed E-state index contributed by atoms with van der Waals surface area (Å²) in [5, 5.41) is 7.07. The molecule has 0 unspecified atom stereocenters. The van der Waals surface area contributed by atoms with Crippen molar-refractivity contribution in [2.24, 2.45) is 0 Å². The molecule has 0 spiro atoms. The quantitative estimate of drug-likeness (QED) is 0.663. The molecule has 1 amide bonds. The molecule has 2 saturated heterocycles. The van der Waals surface area contributed by atoms with E-state index >= 15 is 0 Å². The zero-order valence-corrected chi connectivity index (χ0v) is 18.6. The number of sulfonamides is 1. The molecule has 2 aliphatic rings. The van der Waals surface area contributed by atoms with E-state index in [1.165, 1.54) is 10.6 Å². The van der Waals surface area contributed by atoms with Crippen LogP contribution in [0.3, 0.4) is 0 Å². The summed E-state index contributed by atoms with van der Waals surface area (Å²) in [5.74, 6) is 1.56. The van der Waals surface area contributed by atoms with Crippen LogP contribution in [0.15, 0.2) is 22.7 Å². The summed E-state index contributed by atoms with van der Waals surface area (Å²) in [6, 6.07) is 5.86. The Morgan fingerprint density at radius 3 is 2.65 bits per heavy atom. The Morgan fingerprint density at radius 2 is 2.03 bits per heavy atom. The number of nitrogens with zero attached hydrogens (tertiary/aromatic N) is 4. The second-order valence-corrected chi connectivity index (χ2v) is 10.4. The number of hydrogen-bond donors (Lipinski definition) is 1. The highest BCUT2D eigenvalue weighted by molar-refractivity contribution is 7.88. The first-order chi connectivity index (χ1) is 14.7. The van der Waals surface area contributed by atoms with Gasteiger partial charge in [0.15, 0.2) is 0 Å². The summed E-state index contributed by atoms with van der Waals surface area (Å²) in [6.07, 6.45) is 3.10. The predicted octanol–water partition coefficient (Wildman–Crippen LogP) is 2.47. The average Bonchev–Trinajstić information content (AvgIpc) is 3.46. The lowest BCUT2D eigenvalue weighted by Gasteiger charge is -2.20. The van der Waals surface area contributed by atoms with Gasteiger partial charge in [-0.05, 0) is 44.4 Å². The number of imidazole rings is 1. The van der Waals surface area contributed by atoms with Gasteiger partial charge in [0.1, 0.15) is 11.6 Å². The van der Waals surface area contributed by atoms with Crippen molar-refractivity contribution in [1.82, 2.24) is 24.3 Å². The number of benzene rings is 1. The Morgan fingerprint density at radius 1 is 1.23 bits per heavy atom. The van der Waals surface area contributed by atoms with Crippen LogP contribution in [0.1, 0.15) is 48.6 Å². The predicted molar refractivity (Wildman–Crippen MR) is 115 cm³/mol. The fraction of sp³-hybridized carbons (Fsp3) is 0.476. The molecule has 0 radical (unpaired) electrons. The van der Waals surface area contributed by atoms with E-state index in [1.807, 2.05) is 32.0 Å². The fourth-order valence-electron chi connectivity index (χ4n) is 4.83. The Balaban J connectivity index is 1.63. The first-order valence-electron chi connectivity index (χ1n) is 10.4. The maximum atomic E-state index is 12.1. The van der Waals surface area contributed by atoms with Crippen LogP contribution in [0.5, 0.6) is 0 Å². The van der Waals surface area contributed by atoms with Crippen LogP contribution in [0.2, 0.25) is 0 Å². The summed E-state index contributed by atoms with van der Waals surface area (Å²) < 4.78 is 33.1. The zero-order valence-electron chi connectivity index (χ0n) is 17.8. The minimum Gasteiger partial charge on any atom is -0.361 e. The van der Waals surface area contributed by atoms with Gasteiger partial charge in [-0.25, -0.2) is 17.7 Å². The van der Waals surface area contributed by atoms with E-state index < -0.39 is 10.0 Å². The molecule has 10 heteroatoms. The second kappa shape index (κ2) is 7.16. The third-order valence-corrected chi connectivity index (χ3v) is 7.58. The van der Waals surface area contributed by atoms with Gasteiger partial charge in [-0.15, -0.1) is 0 Å². The average molecular weight is 444 g/mol. The van der Waals surface area contributed by atoms with Gasteiger partial charge in [0, 0.05) is 25.1 Å². The van der Waals surface area contributed by atoms with Gasteiger partial charge in [0.2, 0.25) is 15.9 Å². The van der Waals surface area contributed by atoms with Gasteiger partial charge in [-0.3, -0.25) is 4.79 Å². The third kappa shape index (κ3) is 3.43. The first kappa shape index (κ1) is 20.2. The monoisotopic (exact) mass is 443 g/mol. The number of carbonyl (C=O) groups is 1. The summed E-state index contributed by atoms with van der Waals surface area (Å²) in [4.78, 5) is 16.8. The topological polar surface area (TPSA) is 110 Å². The highest BCUT2D eigenvalue weighted by Gasteiger charge is 2.35. The van der Waals surface area contributed by atoms with Crippen LogP contribution in [0, 0.1) is 13.8 Å². The fourth-order valence-corrected chi connectivity index (χ4v) is 5.71. The van der Waals surface area contributed by atoms with E-state index in [0.29, 0.717) is 32.4 Å². The number of rotatable bonds is 4. The van der Waals surface area contributed by atoms with Crippen LogP contribution in [-0.2, 0) is 14.8 Å². The van der Waals surface area contributed by atoms with Gasteiger partial charge < -0.3 is 14.4 Å². The van der Waals surface area contributed by atoms with Crippen LogP contribution < -0.4 is 5.32 Å². The van der Waals surface area contributed by atoms with E-state index in [1.54, 1.807) is 0 Å². The molecular formula is C21H25N5O4S. The minimum atomic E-state index is -3.25. The summed E-state index contributed by atoms with van der Waals surface area (Å²) in [7, 11) is -3.25. The van der Waals surface area contributed by atoms with Crippen molar-refractivity contribution in [3.63, 3.8) is 0 Å². The zero-order chi connectivity index (χ0) is 21.9. The number of hydrogen-bond acceptors (Lipinski definition) is 6. The Bertz CT molecular complexity index is 1270. The Kier molecular flexibility index (Phi) is 4.67.